The number of hydrogen-bond donors (Lipinski definition) is 2. The van der Waals surface area contributed by atoms with Gasteiger partial charge in [-0.15, -0.1) is 11.3 Å². The van der Waals surface area contributed by atoms with E-state index in [1.54, 1.807) is 24.3 Å². The maximum Gasteiger partial charge on any atom is 0.283 e. The molecule has 2 N–H and O–H groups in total. The first-order chi connectivity index (χ1) is 17.8. The number of hydrogen-bond acceptors (Lipinski definition) is 6. The highest BCUT2D eigenvalue weighted by Crippen LogP contribution is 2.33. The van der Waals surface area contributed by atoms with Crippen LogP contribution in [-0.4, -0.2) is 22.7 Å². The summed E-state index contributed by atoms with van der Waals surface area (Å²) >= 11 is 19.5. The molecule has 1 aromatic heterocycles. The Morgan fingerprint density at radius 1 is 0.865 bits per heavy atom. The van der Waals surface area contributed by atoms with E-state index in [1.807, 2.05) is 35.7 Å². The van der Waals surface area contributed by atoms with Crippen molar-refractivity contribution in [2.24, 2.45) is 0 Å². The molecular weight excluding hydrogens is 555 g/mol. The van der Waals surface area contributed by atoms with Crippen LogP contribution in [0, 0.1) is 0 Å². The van der Waals surface area contributed by atoms with Crippen molar-refractivity contribution in [3.63, 3.8) is 0 Å². The molecule has 1 aliphatic rings. The van der Waals surface area contributed by atoms with Crippen molar-refractivity contribution in [1.29, 1.82) is 0 Å². The van der Waals surface area contributed by atoms with Gasteiger partial charge in [0.15, 0.2) is 5.13 Å². The highest BCUT2D eigenvalue weighted by Gasteiger charge is 2.39. The highest BCUT2D eigenvalue weighted by atomic mass is 35.5. The van der Waals surface area contributed by atoms with Gasteiger partial charge in [0, 0.05) is 32.2 Å². The summed E-state index contributed by atoms with van der Waals surface area (Å²) in [5.41, 5.74) is 2.67. The zero-order chi connectivity index (χ0) is 26.1. The molecule has 4 aromatic rings. The molecule has 0 fully saturated rings. The van der Waals surface area contributed by atoms with Gasteiger partial charge in [0.05, 0.1) is 11.4 Å². The van der Waals surface area contributed by atoms with Gasteiger partial charge in [-0.2, -0.15) is 0 Å². The van der Waals surface area contributed by atoms with E-state index in [-0.39, 0.29) is 32.4 Å². The molecule has 184 valence electrons. The van der Waals surface area contributed by atoms with Crippen LogP contribution in [-0.2, 0) is 9.59 Å². The smallest absolute Gasteiger partial charge is 0.283 e. The minimum atomic E-state index is -0.707. The van der Waals surface area contributed by atoms with E-state index in [4.69, 9.17) is 34.8 Å². The van der Waals surface area contributed by atoms with Crippen LogP contribution < -0.4 is 15.5 Å². The van der Waals surface area contributed by atoms with E-state index in [9.17, 15) is 14.4 Å². The molecule has 0 spiro atoms. The van der Waals surface area contributed by atoms with Crippen molar-refractivity contribution in [3.05, 3.63) is 105 Å². The van der Waals surface area contributed by atoms with Crippen molar-refractivity contribution in [2.75, 3.05) is 15.5 Å². The quantitative estimate of drug-likeness (QED) is 0.249. The molecule has 2 heterocycles. The molecule has 37 heavy (non-hydrogen) atoms. The molecule has 0 aliphatic carbocycles. The Morgan fingerprint density at radius 2 is 1.54 bits per heavy atom. The summed E-state index contributed by atoms with van der Waals surface area (Å²) in [7, 11) is 0. The predicted molar refractivity (Wildman–Crippen MR) is 147 cm³/mol. The molecule has 3 aromatic carbocycles. The summed E-state index contributed by atoms with van der Waals surface area (Å²) in [5, 5.41) is 8.25. The molecule has 5 rings (SSSR count). The number of nitrogens with one attached hydrogen (secondary N) is 2. The van der Waals surface area contributed by atoms with Crippen LogP contribution in [0.5, 0.6) is 0 Å². The summed E-state index contributed by atoms with van der Waals surface area (Å²) in [5.74, 6) is -1.70. The fourth-order valence-electron chi connectivity index (χ4n) is 3.61. The van der Waals surface area contributed by atoms with Crippen LogP contribution in [0.4, 0.5) is 16.5 Å². The minimum Gasteiger partial charge on any atom is -0.350 e. The Labute approximate surface area is 230 Å². The lowest BCUT2D eigenvalue weighted by molar-refractivity contribution is -0.120. The summed E-state index contributed by atoms with van der Waals surface area (Å²) in [6.07, 6.45) is 0. The third-order valence-corrected chi connectivity index (χ3v) is 6.89. The lowest BCUT2D eigenvalue weighted by atomic mass is 10.2. The minimum absolute atomic E-state index is 0.101. The van der Waals surface area contributed by atoms with Crippen molar-refractivity contribution < 1.29 is 14.4 Å². The first kappa shape index (κ1) is 25.0. The average molecular weight is 570 g/mol. The summed E-state index contributed by atoms with van der Waals surface area (Å²) in [6, 6.07) is 20.4. The molecule has 0 atom stereocenters. The van der Waals surface area contributed by atoms with E-state index >= 15 is 0 Å². The van der Waals surface area contributed by atoms with Gasteiger partial charge in [-0.3, -0.25) is 19.7 Å². The molecule has 0 bridgehead atoms. The molecular formula is C26H15Cl3N4O3S. The molecule has 0 saturated carbocycles. The molecule has 7 nitrogen and oxygen atoms in total. The number of thiazole rings is 1. The number of benzene rings is 3. The lowest BCUT2D eigenvalue weighted by Gasteiger charge is -2.16. The SMILES string of the molecule is O=C(Nc1nc(-c2ccccc2)cs1)c1ccc(NC2=C(Cl)C(=O)N(c3cc(Cl)cc(Cl)c3)C2=O)cc1. The third-order valence-electron chi connectivity index (χ3n) is 5.34. The van der Waals surface area contributed by atoms with Crippen LogP contribution in [0.15, 0.2) is 88.9 Å². The lowest BCUT2D eigenvalue weighted by Crippen LogP contribution is -2.32. The van der Waals surface area contributed by atoms with E-state index in [1.165, 1.54) is 29.5 Å². The van der Waals surface area contributed by atoms with Crippen molar-refractivity contribution in [1.82, 2.24) is 4.98 Å². The number of carbonyl (C=O) groups is 3. The average Bonchev–Trinajstić information content (AvgIpc) is 3.43. The first-order valence-electron chi connectivity index (χ1n) is 10.7. The fraction of sp³-hybridized carbons (Fsp3) is 0. The van der Waals surface area contributed by atoms with Gasteiger partial charge in [-0.25, -0.2) is 9.88 Å². The van der Waals surface area contributed by atoms with Crippen LogP contribution in [0.2, 0.25) is 10.0 Å². The van der Waals surface area contributed by atoms with Gasteiger partial charge in [-0.1, -0.05) is 65.1 Å². The molecule has 0 saturated heterocycles. The molecule has 0 radical (unpaired) electrons. The van der Waals surface area contributed by atoms with Gasteiger partial charge in [0.25, 0.3) is 17.7 Å². The van der Waals surface area contributed by atoms with Crippen LogP contribution >= 0.6 is 46.1 Å². The van der Waals surface area contributed by atoms with Gasteiger partial charge in [0.2, 0.25) is 0 Å². The molecule has 3 amide bonds. The normalized spacial score (nSPS) is 13.3. The van der Waals surface area contributed by atoms with Crippen LogP contribution in [0.25, 0.3) is 11.3 Å². The zero-order valence-electron chi connectivity index (χ0n) is 18.7. The number of aromatic nitrogens is 1. The van der Waals surface area contributed by atoms with Gasteiger partial charge >= 0.3 is 0 Å². The van der Waals surface area contributed by atoms with Gasteiger partial charge in [-0.05, 0) is 42.5 Å². The monoisotopic (exact) mass is 568 g/mol. The van der Waals surface area contributed by atoms with Crippen LogP contribution in [0.3, 0.4) is 0 Å². The maximum absolute atomic E-state index is 13.0. The number of nitrogens with zero attached hydrogens (tertiary/aromatic N) is 2. The Morgan fingerprint density at radius 3 is 2.22 bits per heavy atom. The Kier molecular flexibility index (Phi) is 6.99. The van der Waals surface area contributed by atoms with Crippen molar-refractivity contribution in [3.8, 4) is 11.3 Å². The van der Waals surface area contributed by atoms with E-state index in [0.29, 0.717) is 16.4 Å². The second kappa shape index (κ2) is 10.4. The second-order valence-electron chi connectivity index (χ2n) is 7.82. The Bertz CT molecular complexity index is 1550. The van der Waals surface area contributed by atoms with Gasteiger partial charge in [0.1, 0.15) is 10.7 Å². The number of anilines is 3. The number of imide groups is 1. The second-order valence-corrected chi connectivity index (χ2v) is 9.93. The fourth-order valence-corrected chi connectivity index (χ4v) is 5.05. The third kappa shape index (κ3) is 5.23. The van der Waals surface area contributed by atoms with E-state index < -0.39 is 11.8 Å². The zero-order valence-corrected chi connectivity index (χ0v) is 21.8. The summed E-state index contributed by atoms with van der Waals surface area (Å²) in [6.45, 7) is 0. The first-order valence-corrected chi connectivity index (χ1v) is 12.8. The largest absolute Gasteiger partial charge is 0.350 e. The van der Waals surface area contributed by atoms with Crippen molar-refractivity contribution >= 4 is 80.4 Å². The number of halogens is 3. The summed E-state index contributed by atoms with van der Waals surface area (Å²) < 4.78 is 0. The number of amides is 3. The van der Waals surface area contributed by atoms with Crippen LogP contribution in [0.1, 0.15) is 10.4 Å². The molecule has 1 aliphatic heterocycles. The topological polar surface area (TPSA) is 91.4 Å². The van der Waals surface area contributed by atoms with Crippen molar-refractivity contribution in [2.45, 2.75) is 0 Å². The molecule has 0 unspecified atom stereocenters. The Hall–Kier alpha value is -3.69. The maximum atomic E-state index is 13.0. The van der Waals surface area contributed by atoms with Gasteiger partial charge < -0.3 is 5.32 Å². The summed E-state index contributed by atoms with van der Waals surface area (Å²) in [4.78, 5) is 43.7. The predicted octanol–water partition coefficient (Wildman–Crippen LogP) is 6.80. The van der Waals surface area contributed by atoms with E-state index in [0.717, 1.165) is 16.2 Å². The number of carbonyl (C=O) groups excluding carboxylic acids is 3. The standard InChI is InChI=1S/C26H15Cl3N4O3S/c27-16-10-17(28)12-19(11-16)33-24(35)21(29)22(25(33)36)30-18-8-6-15(7-9-18)23(34)32-26-31-20(13-37-26)14-4-2-1-3-5-14/h1-13,30H,(H,31,32,34). The highest BCUT2D eigenvalue weighted by molar-refractivity contribution is 7.14. The number of rotatable bonds is 6. The Balaban J connectivity index is 1.27. The van der Waals surface area contributed by atoms with E-state index in [2.05, 4.69) is 15.6 Å². The molecule has 11 heteroatoms.